The summed E-state index contributed by atoms with van der Waals surface area (Å²) in [6.45, 7) is 2.68. The number of hydrogen-bond donors (Lipinski definition) is 4. The Hall–Kier alpha value is -3.58. The van der Waals surface area contributed by atoms with Crippen LogP contribution in [0.15, 0.2) is 60.7 Å². The zero-order valence-corrected chi connectivity index (χ0v) is 16.0. The van der Waals surface area contributed by atoms with Crippen LogP contribution in [0.1, 0.15) is 16.7 Å². The summed E-state index contributed by atoms with van der Waals surface area (Å²) in [7, 11) is 0. The second-order valence-electron chi connectivity index (χ2n) is 7.32. The maximum absolute atomic E-state index is 6.17. The van der Waals surface area contributed by atoms with E-state index in [1.54, 1.807) is 0 Å². The van der Waals surface area contributed by atoms with Gasteiger partial charge in [-0.2, -0.15) is 5.10 Å². The lowest BCUT2D eigenvalue weighted by molar-refractivity contribution is 0.246. The highest BCUT2D eigenvalue weighted by molar-refractivity contribution is 5.92. The Kier molecular flexibility index (Phi) is 4.50. The van der Waals surface area contributed by atoms with E-state index < -0.39 is 0 Å². The fraction of sp³-hybridized carbons (Fsp3) is 0.182. The van der Waals surface area contributed by atoms with Crippen LogP contribution in [0.25, 0.3) is 11.0 Å². The Bertz CT molecular complexity index is 1120. The standard InChI is InChI=1S/C22H23N7/c23-20-19-17-11-12-29(13-15-7-3-1-4-8-15)14-18(17)21(24-22(19)28-26-20)27-25-16-9-5-2-6-10-16/h1-10,25H,11-14H2,(H4,23,24,26,27,28). The van der Waals surface area contributed by atoms with Gasteiger partial charge >= 0.3 is 0 Å². The van der Waals surface area contributed by atoms with Gasteiger partial charge in [0, 0.05) is 25.2 Å². The molecule has 1 aliphatic heterocycles. The zero-order chi connectivity index (χ0) is 19.6. The van der Waals surface area contributed by atoms with Crippen molar-refractivity contribution in [1.82, 2.24) is 20.1 Å². The summed E-state index contributed by atoms with van der Waals surface area (Å²) in [4.78, 5) is 7.18. The van der Waals surface area contributed by atoms with Gasteiger partial charge in [0.2, 0.25) is 0 Å². The molecule has 0 bridgehead atoms. The van der Waals surface area contributed by atoms with Crippen LogP contribution in [0.2, 0.25) is 0 Å². The number of rotatable bonds is 5. The first kappa shape index (κ1) is 17.5. The normalized spacial score (nSPS) is 13.9. The van der Waals surface area contributed by atoms with Gasteiger partial charge in [-0.05, 0) is 29.7 Å². The van der Waals surface area contributed by atoms with Crippen LogP contribution >= 0.6 is 0 Å². The summed E-state index contributed by atoms with van der Waals surface area (Å²) in [6.07, 6.45) is 0.908. The molecule has 0 saturated carbocycles. The molecule has 0 amide bonds. The van der Waals surface area contributed by atoms with Crippen molar-refractivity contribution in [1.29, 1.82) is 0 Å². The Labute approximate surface area is 168 Å². The number of para-hydroxylation sites is 1. The second kappa shape index (κ2) is 7.44. The fourth-order valence-corrected chi connectivity index (χ4v) is 3.94. The van der Waals surface area contributed by atoms with Crippen molar-refractivity contribution in [3.63, 3.8) is 0 Å². The van der Waals surface area contributed by atoms with Crippen molar-refractivity contribution in [3.05, 3.63) is 77.4 Å². The van der Waals surface area contributed by atoms with E-state index in [2.05, 4.69) is 56.3 Å². The van der Waals surface area contributed by atoms with Crippen molar-refractivity contribution in [3.8, 4) is 0 Å². The number of H-pyrrole nitrogens is 1. The van der Waals surface area contributed by atoms with Gasteiger partial charge in [0.1, 0.15) is 5.82 Å². The van der Waals surface area contributed by atoms with Crippen LogP contribution in [0, 0.1) is 0 Å². The number of nitrogens with one attached hydrogen (secondary N) is 3. The van der Waals surface area contributed by atoms with E-state index in [1.807, 2.05) is 30.3 Å². The second-order valence-corrected chi connectivity index (χ2v) is 7.32. The monoisotopic (exact) mass is 385 g/mol. The first-order valence-electron chi connectivity index (χ1n) is 9.76. The fourth-order valence-electron chi connectivity index (χ4n) is 3.94. The summed E-state index contributed by atoms with van der Waals surface area (Å²) in [6, 6.07) is 20.5. The summed E-state index contributed by atoms with van der Waals surface area (Å²) in [5.74, 6) is 1.38. The van der Waals surface area contributed by atoms with Crippen molar-refractivity contribution in [2.45, 2.75) is 19.5 Å². The van der Waals surface area contributed by atoms with Crippen molar-refractivity contribution in [2.24, 2.45) is 0 Å². The van der Waals surface area contributed by atoms with E-state index in [-0.39, 0.29) is 0 Å². The number of nitrogen functional groups attached to an aromatic ring is 1. The molecule has 0 unspecified atom stereocenters. The van der Waals surface area contributed by atoms with Gasteiger partial charge in [-0.15, -0.1) is 0 Å². The highest BCUT2D eigenvalue weighted by Gasteiger charge is 2.25. The van der Waals surface area contributed by atoms with E-state index in [0.717, 1.165) is 48.5 Å². The molecule has 146 valence electrons. The number of fused-ring (bicyclic) bond motifs is 3. The molecule has 0 saturated heterocycles. The minimum atomic E-state index is 0.586. The number of nitrogens with two attached hydrogens (primary N) is 1. The van der Waals surface area contributed by atoms with Crippen LogP contribution in [0.5, 0.6) is 0 Å². The number of aromatic nitrogens is 3. The van der Waals surface area contributed by atoms with Crippen LogP contribution in [0.4, 0.5) is 17.3 Å². The van der Waals surface area contributed by atoms with Crippen LogP contribution in [-0.4, -0.2) is 26.6 Å². The third kappa shape index (κ3) is 3.48. The highest BCUT2D eigenvalue weighted by Crippen LogP contribution is 2.33. The topological polar surface area (TPSA) is 94.9 Å². The van der Waals surface area contributed by atoms with E-state index in [0.29, 0.717) is 11.5 Å². The highest BCUT2D eigenvalue weighted by atomic mass is 15.4. The van der Waals surface area contributed by atoms with Gasteiger partial charge in [0.05, 0.1) is 11.1 Å². The minimum Gasteiger partial charge on any atom is -0.384 e. The Balaban J connectivity index is 1.47. The molecule has 7 heteroatoms. The molecule has 2 aromatic heterocycles. The van der Waals surface area contributed by atoms with Crippen molar-refractivity contribution >= 4 is 28.4 Å². The lowest BCUT2D eigenvalue weighted by Gasteiger charge is -2.30. The molecule has 0 fully saturated rings. The van der Waals surface area contributed by atoms with E-state index in [4.69, 9.17) is 10.7 Å². The zero-order valence-electron chi connectivity index (χ0n) is 16.0. The summed E-state index contributed by atoms with van der Waals surface area (Å²) in [5, 5.41) is 8.12. The first-order chi connectivity index (χ1) is 14.3. The maximum atomic E-state index is 6.17. The molecule has 7 nitrogen and oxygen atoms in total. The quantitative estimate of drug-likeness (QED) is 0.393. The SMILES string of the molecule is Nc1[nH]nc2nc(NNc3ccccc3)c3c(c12)CCN(Cc1ccccc1)C3. The number of anilines is 3. The minimum absolute atomic E-state index is 0.586. The predicted octanol–water partition coefficient (Wildman–Crippen LogP) is 3.54. The largest absolute Gasteiger partial charge is 0.384 e. The molecule has 5 rings (SSSR count). The lowest BCUT2D eigenvalue weighted by atomic mass is 9.97. The molecule has 0 radical (unpaired) electrons. The van der Waals surface area contributed by atoms with E-state index in [1.165, 1.54) is 11.1 Å². The van der Waals surface area contributed by atoms with Gasteiger partial charge in [-0.1, -0.05) is 48.5 Å². The van der Waals surface area contributed by atoms with E-state index in [9.17, 15) is 0 Å². The average molecular weight is 385 g/mol. The predicted molar refractivity (Wildman–Crippen MR) is 116 cm³/mol. The third-order valence-corrected chi connectivity index (χ3v) is 5.35. The number of hydrazine groups is 1. The van der Waals surface area contributed by atoms with Crippen LogP contribution in [-0.2, 0) is 19.5 Å². The smallest absolute Gasteiger partial charge is 0.185 e. The summed E-state index contributed by atoms with van der Waals surface area (Å²) < 4.78 is 0. The van der Waals surface area contributed by atoms with Gasteiger partial charge in [-0.3, -0.25) is 20.9 Å². The molecule has 1 aliphatic rings. The molecular weight excluding hydrogens is 362 g/mol. The van der Waals surface area contributed by atoms with Gasteiger partial charge in [-0.25, -0.2) is 4.98 Å². The summed E-state index contributed by atoms with van der Waals surface area (Å²) >= 11 is 0. The molecular formula is C22H23N7. The van der Waals surface area contributed by atoms with Crippen molar-refractivity contribution < 1.29 is 0 Å². The molecule has 0 atom stereocenters. The van der Waals surface area contributed by atoms with Crippen molar-refractivity contribution in [2.75, 3.05) is 23.1 Å². The molecule has 3 heterocycles. The van der Waals surface area contributed by atoms with Gasteiger partial charge in [0.25, 0.3) is 0 Å². The Morgan fingerprint density at radius 1 is 0.966 bits per heavy atom. The number of benzene rings is 2. The first-order valence-corrected chi connectivity index (χ1v) is 9.76. The Morgan fingerprint density at radius 2 is 1.72 bits per heavy atom. The average Bonchev–Trinajstić information content (AvgIpc) is 3.14. The molecule has 29 heavy (non-hydrogen) atoms. The molecule has 5 N–H and O–H groups in total. The maximum Gasteiger partial charge on any atom is 0.185 e. The Morgan fingerprint density at radius 3 is 2.52 bits per heavy atom. The molecule has 0 aliphatic carbocycles. The van der Waals surface area contributed by atoms with Gasteiger partial charge < -0.3 is 5.73 Å². The van der Waals surface area contributed by atoms with E-state index >= 15 is 0 Å². The number of aromatic amines is 1. The van der Waals surface area contributed by atoms with Crippen LogP contribution < -0.4 is 16.6 Å². The number of nitrogens with zero attached hydrogens (tertiary/aromatic N) is 3. The number of hydrogen-bond acceptors (Lipinski definition) is 6. The molecule has 4 aromatic rings. The molecule has 2 aromatic carbocycles. The molecule has 0 spiro atoms. The van der Waals surface area contributed by atoms with Crippen LogP contribution in [0.3, 0.4) is 0 Å². The summed E-state index contributed by atoms with van der Waals surface area (Å²) in [5.41, 5.74) is 18.0. The lowest BCUT2D eigenvalue weighted by Crippen LogP contribution is -2.31. The number of pyridine rings is 1. The third-order valence-electron chi connectivity index (χ3n) is 5.35. The van der Waals surface area contributed by atoms with Gasteiger partial charge in [0.15, 0.2) is 11.5 Å².